The van der Waals surface area contributed by atoms with E-state index in [4.69, 9.17) is 0 Å². The fourth-order valence-corrected chi connectivity index (χ4v) is 2.34. The summed E-state index contributed by atoms with van der Waals surface area (Å²) in [5.74, 6) is 1.57. The molecule has 1 fully saturated rings. The van der Waals surface area contributed by atoms with Crippen LogP contribution < -0.4 is 5.32 Å². The number of aryl methyl sites for hydroxylation is 2. The Bertz CT molecular complexity index is 567. The maximum Gasteiger partial charge on any atom is 0.252 e. The molecule has 0 atom stereocenters. The van der Waals surface area contributed by atoms with Gasteiger partial charge in [-0.25, -0.2) is 9.50 Å². The lowest BCUT2D eigenvalue weighted by Crippen LogP contribution is -2.43. The zero-order valence-corrected chi connectivity index (χ0v) is 14.5. The predicted molar refractivity (Wildman–Crippen MR) is 90.1 cm³/mol. The van der Waals surface area contributed by atoms with Gasteiger partial charge in [-0.2, -0.15) is 4.98 Å². The van der Waals surface area contributed by atoms with Crippen LogP contribution in [0.5, 0.6) is 0 Å². The van der Waals surface area contributed by atoms with E-state index in [9.17, 15) is 0 Å². The van der Waals surface area contributed by atoms with E-state index in [1.165, 1.54) is 0 Å². The van der Waals surface area contributed by atoms with Crippen LogP contribution in [0.3, 0.4) is 0 Å². The molecule has 0 amide bonds. The molecule has 0 aliphatic carbocycles. The smallest absolute Gasteiger partial charge is 0.252 e. The average Bonchev–Trinajstić information content (AvgIpc) is 2.73. The van der Waals surface area contributed by atoms with Crippen LogP contribution in [0.25, 0.3) is 5.78 Å². The predicted octanol–water partition coefficient (Wildman–Crippen LogP) is 1.41. The van der Waals surface area contributed by atoms with Gasteiger partial charge in [-0.3, -0.25) is 4.90 Å². The number of rotatable bonds is 2. The number of nitrogens with one attached hydrogen (secondary N) is 1. The van der Waals surface area contributed by atoms with E-state index < -0.39 is 0 Å². The Morgan fingerprint density at radius 1 is 1.10 bits per heavy atom. The van der Waals surface area contributed by atoms with Crippen LogP contribution in [0, 0.1) is 13.8 Å². The van der Waals surface area contributed by atoms with Gasteiger partial charge in [-0.1, -0.05) is 0 Å². The van der Waals surface area contributed by atoms with Crippen LogP contribution in [-0.2, 0) is 6.54 Å². The number of nitrogens with zero attached hydrogens (tertiary/aromatic N) is 5. The van der Waals surface area contributed by atoms with Gasteiger partial charge in [0, 0.05) is 37.6 Å². The molecule has 9 heteroatoms. The minimum atomic E-state index is 0. The fourth-order valence-electron chi connectivity index (χ4n) is 2.34. The average molecular weight is 356 g/mol. The monoisotopic (exact) mass is 354 g/mol. The normalized spacial score (nSPS) is 15.0. The third kappa shape index (κ3) is 4.66. The minimum absolute atomic E-state index is 0. The molecule has 0 saturated carbocycles. The number of hydrogen-bond acceptors (Lipinski definition) is 5. The highest BCUT2D eigenvalue weighted by Crippen LogP contribution is 2.07. The molecule has 3 heterocycles. The van der Waals surface area contributed by atoms with Crippen molar-refractivity contribution in [2.75, 3.05) is 26.2 Å². The molecule has 0 spiro atoms. The van der Waals surface area contributed by atoms with Gasteiger partial charge in [0.25, 0.3) is 5.78 Å². The number of aromatic nitrogens is 4. The summed E-state index contributed by atoms with van der Waals surface area (Å²) in [6.45, 7) is 9.03. The molecule has 1 aliphatic rings. The molecule has 3 rings (SSSR count). The molecule has 0 aromatic carbocycles. The van der Waals surface area contributed by atoms with Gasteiger partial charge >= 0.3 is 0 Å². The van der Waals surface area contributed by atoms with Crippen LogP contribution in [-0.4, -0.2) is 50.7 Å². The fraction of sp³-hybridized carbons (Fsp3) is 0.583. The zero-order valence-electron chi connectivity index (χ0n) is 12.1. The van der Waals surface area contributed by atoms with E-state index in [1.807, 2.05) is 24.4 Å². The number of halogens is 3. The van der Waals surface area contributed by atoms with Gasteiger partial charge in [-0.05, 0) is 19.9 Å². The number of hydrogen-bond donors (Lipinski definition) is 1. The van der Waals surface area contributed by atoms with Crippen molar-refractivity contribution in [1.29, 1.82) is 0 Å². The van der Waals surface area contributed by atoms with Crippen LogP contribution in [0.1, 0.15) is 17.2 Å². The molecule has 2 aromatic rings. The summed E-state index contributed by atoms with van der Waals surface area (Å²) in [5.41, 5.74) is 2.07. The molecule has 0 unspecified atom stereocenters. The van der Waals surface area contributed by atoms with Crippen LogP contribution >= 0.6 is 37.2 Å². The summed E-state index contributed by atoms with van der Waals surface area (Å²) < 4.78 is 1.82. The van der Waals surface area contributed by atoms with Crippen molar-refractivity contribution in [3.8, 4) is 0 Å². The largest absolute Gasteiger partial charge is 0.314 e. The van der Waals surface area contributed by atoms with Gasteiger partial charge in [0.1, 0.15) is 0 Å². The summed E-state index contributed by atoms with van der Waals surface area (Å²) >= 11 is 0. The first-order chi connectivity index (χ1) is 8.72. The van der Waals surface area contributed by atoms with E-state index in [2.05, 4.69) is 25.3 Å². The van der Waals surface area contributed by atoms with Crippen LogP contribution in [0.2, 0.25) is 0 Å². The SMILES string of the molecule is Cc1cc(C)n2nc(CN3CCNCC3)nc2n1.Cl.Cl.Cl. The first-order valence-corrected chi connectivity index (χ1v) is 6.35. The van der Waals surface area contributed by atoms with Gasteiger partial charge < -0.3 is 5.32 Å². The van der Waals surface area contributed by atoms with Crippen molar-refractivity contribution in [1.82, 2.24) is 29.8 Å². The van der Waals surface area contributed by atoms with E-state index in [0.717, 1.165) is 49.9 Å². The van der Waals surface area contributed by atoms with Crippen molar-refractivity contribution in [3.63, 3.8) is 0 Å². The summed E-state index contributed by atoms with van der Waals surface area (Å²) in [5, 5.41) is 7.87. The van der Waals surface area contributed by atoms with Gasteiger partial charge in [0.05, 0.1) is 6.54 Å². The van der Waals surface area contributed by atoms with E-state index >= 15 is 0 Å². The molecule has 2 aromatic heterocycles. The molecule has 6 nitrogen and oxygen atoms in total. The van der Waals surface area contributed by atoms with Crippen molar-refractivity contribution in [3.05, 3.63) is 23.3 Å². The highest BCUT2D eigenvalue weighted by molar-refractivity contribution is 5.86. The molecule has 21 heavy (non-hydrogen) atoms. The summed E-state index contributed by atoms with van der Waals surface area (Å²) in [6.07, 6.45) is 0. The third-order valence-electron chi connectivity index (χ3n) is 3.24. The second kappa shape index (κ2) is 8.70. The second-order valence-electron chi connectivity index (χ2n) is 4.80. The van der Waals surface area contributed by atoms with Gasteiger partial charge in [-0.15, -0.1) is 42.3 Å². The third-order valence-corrected chi connectivity index (χ3v) is 3.24. The number of fused-ring (bicyclic) bond motifs is 1. The van der Waals surface area contributed by atoms with Crippen molar-refractivity contribution in [2.24, 2.45) is 0 Å². The minimum Gasteiger partial charge on any atom is -0.314 e. The Morgan fingerprint density at radius 2 is 1.76 bits per heavy atom. The first kappa shape index (κ1) is 20.3. The lowest BCUT2D eigenvalue weighted by Gasteiger charge is -2.25. The topological polar surface area (TPSA) is 58.4 Å². The number of piperazine rings is 1. The second-order valence-corrected chi connectivity index (χ2v) is 4.80. The molecule has 1 N–H and O–H groups in total. The summed E-state index contributed by atoms with van der Waals surface area (Å²) in [7, 11) is 0. The molecular weight excluding hydrogens is 335 g/mol. The van der Waals surface area contributed by atoms with Gasteiger partial charge in [0.15, 0.2) is 5.82 Å². The lowest BCUT2D eigenvalue weighted by molar-refractivity contribution is 0.228. The molecule has 0 bridgehead atoms. The van der Waals surface area contributed by atoms with E-state index in [0.29, 0.717) is 5.78 Å². The highest BCUT2D eigenvalue weighted by Gasteiger charge is 2.14. The Labute approximate surface area is 142 Å². The standard InChI is InChI=1S/C12H18N6.3ClH/c1-9-7-10(2)18-12(14-9)15-11(16-18)8-17-5-3-13-4-6-17;;;/h7,13H,3-6,8H2,1-2H3;3*1H. The summed E-state index contributed by atoms with van der Waals surface area (Å²) in [4.78, 5) is 11.3. The van der Waals surface area contributed by atoms with Crippen LogP contribution in [0.15, 0.2) is 6.07 Å². The maximum atomic E-state index is 4.53. The zero-order chi connectivity index (χ0) is 12.5. The van der Waals surface area contributed by atoms with Crippen molar-refractivity contribution < 1.29 is 0 Å². The molecule has 0 radical (unpaired) electrons. The van der Waals surface area contributed by atoms with E-state index in [1.54, 1.807) is 0 Å². The molecular formula is C12H21Cl3N6. The van der Waals surface area contributed by atoms with Gasteiger partial charge in [0.2, 0.25) is 0 Å². The Kier molecular flexibility index (Phi) is 8.43. The molecule has 1 aliphatic heterocycles. The quantitative estimate of drug-likeness (QED) is 0.883. The van der Waals surface area contributed by atoms with E-state index in [-0.39, 0.29) is 37.2 Å². The van der Waals surface area contributed by atoms with Crippen molar-refractivity contribution >= 4 is 43.0 Å². The molecule has 1 saturated heterocycles. The Hall–Kier alpha value is -0.660. The Morgan fingerprint density at radius 3 is 2.43 bits per heavy atom. The molecule has 120 valence electrons. The Balaban J connectivity index is 0.00000133. The first-order valence-electron chi connectivity index (χ1n) is 6.35. The summed E-state index contributed by atoms with van der Waals surface area (Å²) in [6, 6.07) is 2.02. The maximum absolute atomic E-state index is 4.53. The van der Waals surface area contributed by atoms with Crippen LogP contribution in [0.4, 0.5) is 0 Å². The highest BCUT2D eigenvalue weighted by atomic mass is 35.5. The lowest BCUT2D eigenvalue weighted by atomic mass is 10.3. The van der Waals surface area contributed by atoms with Crippen molar-refractivity contribution in [2.45, 2.75) is 20.4 Å².